The predicted octanol–water partition coefficient (Wildman–Crippen LogP) is 1.73. The number of ether oxygens (including phenoxy) is 2. The average Bonchev–Trinajstić information content (AvgIpc) is 2.91. The smallest absolute Gasteiger partial charge is 0.327 e. The fourth-order valence-corrected chi connectivity index (χ4v) is 5.46. The van der Waals surface area contributed by atoms with Crippen molar-refractivity contribution in [1.82, 2.24) is 10.2 Å². The van der Waals surface area contributed by atoms with Gasteiger partial charge in [0.15, 0.2) is 0 Å². The van der Waals surface area contributed by atoms with Crippen molar-refractivity contribution in [3.05, 3.63) is 23.8 Å². The molecule has 0 aliphatic carbocycles. The second-order valence-corrected chi connectivity index (χ2v) is 9.18. The number of methoxy groups -OCH3 is 1. The number of fused-ring (bicyclic) bond motifs is 1. The zero-order valence-electron chi connectivity index (χ0n) is 16.4. The molecular formula is C19H24N2O6S. The molecule has 9 heteroatoms. The van der Waals surface area contributed by atoms with Crippen LogP contribution >= 0.6 is 11.8 Å². The Hall–Kier alpha value is -2.42. The lowest BCUT2D eigenvalue weighted by Gasteiger charge is -2.51. The van der Waals surface area contributed by atoms with Crippen LogP contribution in [0.15, 0.2) is 18.2 Å². The van der Waals surface area contributed by atoms with Crippen molar-refractivity contribution in [3.8, 4) is 11.5 Å². The highest BCUT2D eigenvalue weighted by Gasteiger charge is 2.70. The van der Waals surface area contributed by atoms with E-state index in [4.69, 9.17) is 9.47 Å². The number of nitrogens with one attached hydrogen (secondary N) is 1. The summed E-state index contributed by atoms with van der Waals surface area (Å²) in [4.78, 5) is 39.0. The first kappa shape index (κ1) is 20.3. The van der Waals surface area contributed by atoms with Crippen molar-refractivity contribution in [2.24, 2.45) is 0 Å². The average molecular weight is 408 g/mol. The molecule has 1 aromatic rings. The summed E-state index contributed by atoms with van der Waals surface area (Å²) in [7, 11) is 1.45. The summed E-state index contributed by atoms with van der Waals surface area (Å²) in [5, 5.41) is 11.9. The Balaban J connectivity index is 1.90. The molecule has 0 saturated carbocycles. The molecule has 0 radical (unpaired) electrons. The minimum atomic E-state index is -1.21. The Labute approximate surface area is 167 Å². The molecule has 3 rings (SSSR count). The molecule has 2 amide bonds. The van der Waals surface area contributed by atoms with Gasteiger partial charge in [0.05, 0.1) is 13.7 Å². The first-order valence-corrected chi connectivity index (χ1v) is 9.82. The Morgan fingerprint density at radius 1 is 1.29 bits per heavy atom. The molecule has 2 N–H and O–H groups in total. The van der Waals surface area contributed by atoms with Gasteiger partial charge in [-0.3, -0.25) is 9.59 Å². The molecule has 2 aliphatic heterocycles. The van der Waals surface area contributed by atoms with Crippen molar-refractivity contribution in [2.45, 2.75) is 49.4 Å². The number of benzene rings is 1. The molecule has 2 aliphatic rings. The fourth-order valence-electron chi connectivity index (χ4n) is 3.82. The molecule has 1 unspecified atom stereocenters. The number of amides is 2. The van der Waals surface area contributed by atoms with E-state index in [2.05, 4.69) is 5.32 Å². The van der Waals surface area contributed by atoms with Crippen LogP contribution in [0.3, 0.4) is 0 Å². The number of rotatable bonds is 6. The van der Waals surface area contributed by atoms with Crippen LogP contribution < -0.4 is 14.8 Å². The molecular weight excluding hydrogens is 384 g/mol. The summed E-state index contributed by atoms with van der Waals surface area (Å²) in [6.45, 7) is 7.37. The van der Waals surface area contributed by atoms with Gasteiger partial charge in [0.25, 0.3) is 11.8 Å². The first-order chi connectivity index (χ1) is 13.1. The van der Waals surface area contributed by atoms with E-state index in [0.29, 0.717) is 18.1 Å². The zero-order chi connectivity index (χ0) is 20.9. The first-order valence-electron chi connectivity index (χ1n) is 8.94. The van der Waals surface area contributed by atoms with E-state index >= 15 is 0 Å². The third-order valence-electron chi connectivity index (χ3n) is 5.12. The molecule has 0 spiro atoms. The SMILES string of the molecule is CCOc1cccc(OC)c1C(=O)NC1(C)C(=O)N2[C@@H](C(=O)O)C(C)(C)S[C@@H]21. The maximum absolute atomic E-state index is 13.1. The van der Waals surface area contributed by atoms with Gasteiger partial charge in [-0.15, -0.1) is 11.8 Å². The number of aliphatic carboxylic acids is 1. The summed E-state index contributed by atoms with van der Waals surface area (Å²) >= 11 is 1.37. The highest BCUT2D eigenvalue weighted by molar-refractivity contribution is 8.01. The van der Waals surface area contributed by atoms with Gasteiger partial charge < -0.3 is 24.8 Å². The van der Waals surface area contributed by atoms with E-state index in [1.807, 2.05) is 0 Å². The molecule has 152 valence electrons. The molecule has 8 nitrogen and oxygen atoms in total. The molecule has 1 aromatic carbocycles. The van der Waals surface area contributed by atoms with Crippen LogP contribution in [0.25, 0.3) is 0 Å². The van der Waals surface area contributed by atoms with Gasteiger partial charge >= 0.3 is 5.97 Å². The maximum atomic E-state index is 13.1. The lowest BCUT2D eigenvalue weighted by atomic mass is 9.86. The van der Waals surface area contributed by atoms with E-state index < -0.39 is 39.5 Å². The molecule has 28 heavy (non-hydrogen) atoms. The highest BCUT2D eigenvalue weighted by atomic mass is 32.2. The largest absolute Gasteiger partial charge is 0.496 e. The van der Waals surface area contributed by atoms with Crippen molar-refractivity contribution < 1.29 is 29.0 Å². The van der Waals surface area contributed by atoms with E-state index in [1.54, 1.807) is 45.9 Å². The molecule has 2 fully saturated rings. The van der Waals surface area contributed by atoms with Gasteiger partial charge in [-0.2, -0.15) is 0 Å². The molecule has 2 heterocycles. The minimum Gasteiger partial charge on any atom is -0.496 e. The third kappa shape index (κ3) is 2.88. The normalized spacial score (nSPS) is 27.6. The van der Waals surface area contributed by atoms with Gasteiger partial charge in [-0.05, 0) is 39.8 Å². The Bertz CT molecular complexity index is 842. The minimum absolute atomic E-state index is 0.205. The zero-order valence-corrected chi connectivity index (χ0v) is 17.3. The molecule has 2 saturated heterocycles. The molecule has 0 aromatic heterocycles. The van der Waals surface area contributed by atoms with Gasteiger partial charge in [-0.1, -0.05) is 6.07 Å². The quantitative estimate of drug-likeness (QED) is 0.691. The van der Waals surface area contributed by atoms with Crippen molar-refractivity contribution in [2.75, 3.05) is 13.7 Å². The Morgan fingerprint density at radius 3 is 2.50 bits per heavy atom. The Morgan fingerprint density at radius 2 is 1.93 bits per heavy atom. The standard InChI is InChI=1S/C19H24N2O6S/c1-6-27-11-9-7-8-10(26-5)12(11)14(22)20-19(4)16(25)21-13(15(23)24)18(2,3)28-17(19)21/h7-9,13,17H,6H2,1-5H3,(H,20,22)(H,23,24)/t13-,17+,19?/m0/s1. The number of nitrogens with zero attached hydrogens (tertiary/aromatic N) is 1. The number of hydrogen-bond acceptors (Lipinski definition) is 6. The number of carboxylic acid groups (broad SMARTS) is 1. The van der Waals surface area contributed by atoms with Gasteiger partial charge in [0.1, 0.15) is 34.0 Å². The third-order valence-corrected chi connectivity index (χ3v) is 6.87. The van der Waals surface area contributed by atoms with Gasteiger partial charge in [0, 0.05) is 4.75 Å². The summed E-state index contributed by atoms with van der Waals surface area (Å²) < 4.78 is 10.2. The summed E-state index contributed by atoms with van der Waals surface area (Å²) in [6.07, 6.45) is 0. The molecule has 3 atom stereocenters. The van der Waals surface area contributed by atoms with Crippen LogP contribution in [-0.4, -0.2) is 63.2 Å². The van der Waals surface area contributed by atoms with E-state index in [9.17, 15) is 19.5 Å². The topological polar surface area (TPSA) is 105 Å². The van der Waals surface area contributed by atoms with Crippen molar-refractivity contribution in [1.29, 1.82) is 0 Å². The number of carbonyl (C=O) groups is 3. The summed E-state index contributed by atoms with van der Waals surface area (Å²) in [6, 6.07) is 4.07. The second-order valence-electron chi connectivity index (χ2n) is 7.45. The van der Waals surface area contributed by atoms with Gasteiger partial charge in [0.2, 0.25) is 0 Å². The number of hydrogen-bond donors (Lipinski definition) is 2. The second kappa shape index (κ2) is 6.88. The van der Waals surface area contributed by atoms with E-state index in [1.165, 1.54) is 23.8 Å². The van der Waals surface area contributed by atoms with Crippen LogP contribution in [0.4, 0.5) is 0 Å². The van der Waals surface area contributed by atoms with Crippen LogP contribution in [0.5, 0.6) is 11.5 Å². The van der Waals surface area contributed by atoms with Crippen molar-refractivity contribution in [3.63, 3.8) is 0 Å². The summed E-state index contributed by atoms with van der Waals surface area (Å²) in [5.74, 6) is -1.28. The van der Waals surface area contributed by atoms with E-state index in [0.717, 1.165) is 0 Å². The highest BCUT2D eigenvalue weighted by Crippen LogP contribution is 2.54. The number of carboxylic acids is 1. The van der Waals surface area contributed by atoms with Crippen LogP contribution in [0, 0.1) is 0 Å². The molecule has 0 bridgehead atoms. The number of β-lactam (4-membered cyclic amide) rings is 1. The van der Waals surface area contributed by atoms with Crippen LogP contribution in [0.2, 0.25) is 0 Å². The van der Waals surface area contributed by atoms with Crippen LogP contribution in [-0.2, 0) is 9.59 Å². The lowest BCUT2D eigenvalue weighted by molar-refractivity contribution is -0.165. The lowest BCUT2D eigenvalue weighted by Crippen LogP contribution is -2.78. The monoisotopic (exact) mass is 408 g/mol. The summed E-state index contributed by atoms with van der Waals surface area (Å²) in [5.41, 5.74) is -1.01. The number of carbonyl (C=O) groups excluding carboxylic acids is 2. The Kier molecular flexibility index (Phi) is 4.99. The fraction of sp³-hybridized carbons (Fsp3) is 0.526. The number of thioether (sulfide) groups is 1. The van der Waals surface area contributed by atoms with Gasteiger partial charge in [-0.25, -0.2) is 4.79 Å². The predicted molar refractivity (Wildman–Crippen MR) is 104 cm³/mol. The maximum Gasteiger partial charge on any atom is 0.327 e. The van der Waals surface area contributed by atoms with Crippen molar-refractivity contribution >= 4 is 29.5 Å². The van der Waals surface area contributed by atoms with E-state index in [-0.39, 0.29) is 5.56 Å². The van der Waals surface area contributed by atoms with Crippen LogP contribution in [0.1, 0.15) is 38.1 Å².